The first kappa shape index (κ1) is 20.7. The summed E-state index contributed by atoms with van der Waals surface area (Å²) in [5.74, 6) is 1.45. The number of sulfonamides is 1. The van der Waals surface area contributed by atoms with Crippen molar-refractivity contribution >= 4 is 21.5 Å². The third kappa shape index (κ3) is 5.06. The normalized spacial score (nSPS) is 11.1. The second-order valence-corrected chi connectivity index (χ2v) is 8.29. The van der Waals surface area contributed by atoms with Gasteiger partial charge in [-0.25, -0.2) is 13.4 Å². The molecule has 0 spiro atoms. The fraction of sp³-hybridized carbons (Fsp3) is 0.227. The lowest BCUT2D eigenvalue weighted by molar-refractivity contribution is 0.330. The maximum atomic E-state index is 13.0. The van der Waals surface area contributed by atoms with Gasteiger partial charge in [0, 0.05) is 12.7 Å². The van der Waals surface area contributed by atoms with Crippen LogP contribution in [0.25, 0.3) is 0 Å². The van der Waals surface area contributed by atoms with Crippen molar-refractivity contribution < 1.29 is 13.2 Å². The summed E-state index contributed by atoms with van der Waals surface area (Å²) in [5, 5.41) is 3.14. The average Bonchev–Trinajstić information content (AvgIpc) is 2.74. The minimum absolute atomic E-state index is 0.157. The molecule has 0 aliphatic rings. The van der Waals surface area contributed by atoms with E-state index in [1.807, 2.05) is 56.3 Å². The lowest BCUT2D eigenvalue weighted by Gasteiger charge is -2.22. The van der Waals surface area contributed by atoms with Gasteiger partial charge in [0.1, 0.15) is 23.1 Å². The maximum Gasteiger partial charge on any atom is 0.265 e. The molecule has 0 amide bonds. The number of nitrogens with one attached hydrogen (secondary N) is 1. The first-order valence-corrected chi connectivity index (χ1v) is 10.9. The quantitative estimate of drug-likeness (QED) is 0.537. The molecule has 0 bridgehead atoms. The van der Waals surface area contributed by atoms with Crippen LogP contribution in [0.15, 0.2) is 77.8 Å². The summed E-state index contributed by atoms with van der Waals surface area (Å²) in [5.41, 5.74) is 1.71. The fourth-order valence-electron chi connectivity index (χ4n) is 2.91. The summed E-state index contributed by atoms with van der Waals surface area (Å²) in [4.78, 5) is 4.40. The van der Waals surface area contributed by atoms with E-state index < -0.39 is 10.0 Å². The van der Waals surface area contributed by atoms with Crippen LogP contribution >= 0.6 is 0 Å². The zero-order valence-corrected chi connectivity index (χ0v) is 17.4. The van der Waals surface area contributed by atoms with Crippen molar-refractivity contribution in [3.05, 3.63) is 78.5 Å². The Morgan fingerprint density at radius 3 is 2.38 bits per heavy atom. The van der Waals surface area contributed by atoms with Crippen LogP contribution in [0.1, 0.15) is 12.5 Å². The number of nitrogens with zero attached hydrogens (tertiary/aromatic N) is 2. The average molecular weight is 412 g/mol. The Bertz CT molecular complexity index is 1020. The van der Waals surface area contributed by atoms with Crippen LogP contribution in [0.2, 0.25) is 0 Å². The number of rotatable bonds is 9. The van der Waals surface area contributed by atoms with Crippen molar-refractivity contribution in [3.63, 3.8) is 0 Å². The first-order chi connectivity index (χ1) is 14.0. The Hall–Kier alpha value is -3.06. The largest absolute Gasteiger partial charge is 0.491 e. The van der Waals surface area contributed by atoms with Crippen molar-refractivity contribution in [2.75, 3.05) is 29.3 Å². The summed E-state index contributed by atoms with van der Waals surface area (Å²) in [6.07, 6.45) is 1.38. The number of aromatic nitrogens is 1. The number of hydrogen-bond donors (Lipinski definition) is 1. The van der Waals surface area contributed by atoms with E-state index in [0.29, 0.717) is 31.2 Å². The highest BCUT2D eigenvalue weighted by molar-refractivity contribution is 7.92. The van der Waals surface area contributed by atoms with Crippen molar-refractivity contribution in [1.29, 1.82) is 0 Å². The van der Waals surface area contributed by atoms with Gasteiger partial charge in [0.15, 0.2) is 0 Å². The molecule has 0 saturated heterocycles. The molecule has 152 valence electrons. The molecule has 0 aliphatic heterocycles. The first-order valence-electron chi connectivity index (χ1n) is 9.48. The number of hydrogen-bond acceptors (Lipinski definition) is 5. The Labute approximate surface area is 172 Å². The minimum atomic E-state index is -3.67. The predicted octanol–water partition coefficient (Wildman–Crippen LogP) is 4.10. The molecule has 0 saturated carbocycles. The molecule has 0 radical (unpaired) electrons. The van der Waals surface area contributed by atoms with E-state index in [0.717, 1.165) is 11.3 Å². The van der Waals surface area contributed by atoms with Gasteiger partial charge in [0.2, 0.25) is 0 Å². The van der Waals surface area contributed by atoms with Gasteiger partial charge in [0.05, 0.1) is 12.2 Å². The summed E-state index contributed by atoms with van der Waals surface area (Å²) in [6, 6.07) is 20.1. The number of pyridine rings is 1. The van der Waals surface area contributed by atoms with Crippen LogP contribution in [0.4, 0.5) is 11.5 Å². The molecule has 6 nitrogen and oxygen atoms in total. The van der Waals surface area contributed by atoms with Crippen molar-refractivity contribution in [2.24, 2.45) is 0 Å². The molecule has 3 aromatic rings. The summed E-state index contributed by atoms with van der Waals surface area (Å²) >= 11 is 0. The number of anilines is 2. The van der Waals surface area contributed by atoms with E-state index in [2.05, 4.69) is 10.3 Å². The Morgan fingerprint density at radius 2 is 1.72 bits per heavy atom. The van der Waals surface area contributed by atoms with Gasteiger partial charge in [-0.2, -0.15) is 0 Å². The second-order valence-electron chi connectivity index (χ2n) is 6.43. The molecule has 1 aromatic heterocycles. The highest BCUT2D eigenvalue weighted by Crippen LogP contribution is 2.23. The number of benzene rings is 2. The number of ether oxygens (including phenoxy) is 1. The predicted molar refractivity (Wildman–Crippen MR) is 116 cm³/mol. The van der Waals surface area contributed by atoms with Crippen molar-refractivity contribution in [3.8, 4) is 5.75 Å². The zero-order valence-electron chi connectivity index (χ0n) is 16.6. The maximum absolute atomic E-state index is 13.0. The topological polar surface area (TPSA) is 71.5 Å². The van der Waals surface area contributed by atoms with Gasteiger partial charge < -0.3 is 10.1 Å². The fourth-order valence-corrected chi connectivity index (χ4v) is 4.33. The van der Waals surface area contributed by atoms with Crippen molar-refractivity contribution in [2.45, 2.75) is 18.7 Å². The molecule has 0 atom stereocenters. The van der Waals surface area contributed by atoms with Gasteiger partial charge in [0.25, 0.3) is 10.0 Å². The SMILES string of the molecule is CCN(c1ccccc1)S(=O)(=O)c1ccc(NCCOc2ccccc2C)nc1. The number of para-hydroxylation sites is 2. The molecule has 2 aromatic carbocycles. The van der Waals surface area contributed by atoms with E-state index in [1.165, 1.54) is 10.5 Å². The summed E-state index contributed by atoms with van der Waals surface area (Å²) in [7, 11) is -3.67. The Morgan fingerprint density at radius 1 is 1.00 bits per heavy atom. The third-order valence-electron chi connectivity index (χ3n) is 4.42. The van der Waals surface area contributed by atoms with Gasteiger partial charge >= 0.3 is 0 Å². The van der Waals surface area contributed by atoms with Crippen LogP contribution in [0, 0.1) is 6.92 Å². The van der Waals surface area contributed by atoms with Crippen molar-refractivity contribution in [1.82, 2.24) is 4.98 Å². The standard InChI is InChI=1S/C22H25N3O3S/c1-3-25(19-10-5-4-6-11-19)29(26,27)20-13-14-22(24-17-20)23-15-16-28-21-12-8-7-9-18(21)2/h4-14,17H,3,15-16H2,1-2H3,(H,23,24). The molecule has 0 fully saturated rings. The van der Waals surface area contributed by atoms with E-state index >= 15 is 0 Å². The van der Waals surface area contributed by atoms with Gasteiger partial charge in [-0.05, 0) is 49.7 Å². The second kappa shape index (κ2) is 9.43. The van der Waals surface area contributed by atoms with E-state index in [9.17, 15) is 8.42 Å². The zero-order chi connectivity index (χ0) is 20.7. The van der Waals surface area contributed by atoms with Crippen LogP contribution in [0.3, 0.4) is 0 Å². The molecular weight excluding hydrogens is 386 g/mol. The highest BCUT2D eigenvalue weighted by Gasteiger charge is 2.23. The van der Waals surface area contributed by atoms with E-state index in [1.54, 1.807) is 24.3 Å². The van der Waals surface area contributed by atoms with Gasteiger partial charge in [-0.1, -0.05) is 36.4 Å². The lowest BCUT2D eigenvalue weighted by atomic mass is 10.2. The third-order valence-corrected chi connectivity index (χ3v) is 6.30. The molecule has 1 heterocycles. The summed E-state index contributed by atoms with van der Waals surface area (Å²) < 4.78 is 33.0. The number of aryl methyl sites for hydroxylation is 1. The molecular formula is C22H25N3O3S. The summed E-state index contributed by atoms with van der Waals surface area (Å²) in [6.45, 7) is 5.17. The molecule has 29 heavy (non-hydrogen) atoms. The van der Waals surface area contributed by atoms with Crippen LogP contribution in [-0.2, 0) is 10.0 Å². The molecule has 0 aliphatic carbocycles. The highest BCUT2D eigenvalue weighted by atomic mass is 32.2. The Kier molecular flexibility index (Phi) is 6.72. The smallest absolute Gasteiger partial charge is 0.265 e. The molecule has 0 unspecified atom stereocenters. The Balaban J connectivity index is 1.61. The minimum Gasteiger partial charge on any atom is -0.491 e. The molecule has 3 rings (SSSR count). The monoisotopic (exact) mass is 411 g/mol. The van der Waals surface area contributed by atoms with E-state index in [-0.39, 0.29) is 4.90 Å². The van der Waals surface area contributed by atoms with E-state index in [4.69, 9.17) is 4.74 Å². The van der Waals surface area contributed by atoms with Gasteiger partial charge in [-0.3, -0.25) is 4.31 Å². The molecule has 7 heteroatoms. The lowest BCUT2D eigenvalue weighted by Crippen LogP contribution is -2.30. The van der Waals surface area contributed by atoms with Gasteiger partial charge in [-0.15, -0.1) is 0 Å². The van der Waals surface area contributed by atoms with Crippen LogP contribution in [0.5, 0.6) is 5.75 Å². The molecule has 1 N–H and O–H groups in total. The van der Waals surface area contributed by atoms with Crippen LogP contribution < -0.4 is 14.4 Å². The van der Waals surface area contributed by atoms with Crippen LogP contribution in [-0.4, -0.2) is 33.1 Å².